The van der Waals surface area contributed by atoms with E-state index in [1.165, 1.54) is 0 Å². The Hall–Kier alpha value is -3.87. The Morgan fingerprint density at radius 1 is 1.08 bits per heavy atom. The number of anilines is 2. The number of primary amides is 1. The number of hydrogen-bond acceptors (Lipinski definition) is 10. The van der Waals surface area contributed by atoms with Crippen LogP contribution < -0.4 is 26.8 Å². The van der Waals surface area contributed by atoms with Gasteiger partial charge in [0.1, 0.15) is 11.7 Å². The molecule has 2 aromatic heterocycles. The highest BCUT2D eigenvalue weighted by atomic mass is 16.5. The molecule has 1 atom stereocenters. The maximum atomic E-state index is 12.3. The molecule has 1 unspecified atom stereocenters. The number of nitrogens with zero attached hydrogens (tertiary/aromatic N) is 5. The first kappa shape index (κ1) is 24.8. The molecule has 0 bridgehead atoms. The van der Waals surface area contributed by atoms with Gasteiger partial charge in [-0.25, -0.2) is 15.4 Å². The van der Waals surface area contributed by atoms with Crippen molar-refractivity contribution in [1.29, 1.82) is 0 Å². The Kier molecular flexibility index (Phi) is 7.68. The summed E-state index contributed by atoms with van der Waals surface area (Å²) in [5.74, 6) is 0.180. The van der Waals surface area contributed by atoms with Crippen LogP contribution in [0.1, 0.15) is 12.8 Å². The minimum atomic E-state index is -0.449. The maximum absolute atomic E-state index is 12.3. The molecule has 0 saturated carbocycles. The standard InChI is InChI=1S/C25H31N9O3/c26-21(35)5-6-23(36)34-12-10-33(11-13-34)18-3-1-17(2-4-18)19-15-20-24(28-8-7-27-20)25(31-19)29-16-22-32-30-9-14-37-22/h1-4,7-8,15,22,30,32H,5-6,9-14,16H2,(H2,26,35)(H,29,31). The number of hydrogen-bond donors (Lipinski definition) is 4. The zero-order chi connectivity index (χ0) is 25.6. The molecule has 2 aliphatic rings. The number of pyridine rings is 1. The molecule has 5 rings (SSSR count). The SMILES string of the molecule is NC(=O)CCC(=O)N1CCN(c2ccc(-c3cc4nccnc4c(NCC4NNCCO4)n3)cc2)CC1. The predicted octanol–water partition coefficient (Wildman–Crippen LogP) is 0.468. The van der Waals surface area contributed by atoms with Crippen molar-refractivity contribution in [2.45, 2.75) is 19.1 Å². The number of nitrogens with two attached hydrogens (primary N) is 1. The van der Waals surface area contributed by atoms with Gasteiger partial charge in [-0.1, -0.05) is 12.1 Å². The van der Waals surface area contributed by atoms with Crippen LogP contribution in [-0.2, 0) is 14.3 Å². The lowest BCUT2D eigenvalue weighted by atomic mass is 10.1. The number of carbonyl (C=O) groups is 2. The summed E-state index contributed by atoms with van der Waals surface area (Å²) >= 11 is 0. The van der Waals surface area contributed by atoms with Crippen LogP contribution in [0, 0.1) is 0 Å². The van der Waals surface area contributed by atoms with Crippen LogP contribution in [-0.4, -0.2) is 83.8 Å². The Bertz CT molecular complexity index is 1240. The summed E-state index contributed by atoms with van der Waals surface area (Å²) in [4.78, 5) is 41.1. The Morgan fingerprint density at radius 3 is 2.59 bits per heavy atom. The number of hydrazine groups is 1. The summed E-state index contributed by atoms with van der Waals surface area (Å²) < 4.78 is 5.69. The molecular weight excluding hydrogens is 474 g/mol. The highest BCUT2D eigenvalue weighted by Gasteiger charge is 2.22. The number of piperazine rings is 1. The molecule has 2 fully saturated rings. The van der Waals surface area contributed by atoms with Gasteiger partial charge in [-0.2, -0.15) is 0 Å². The number of aromatic nitrogens is 3. The van der Waals surface area contributed by atoms with E-state index in [9.17, 15) is 9.59 Å². The minimum Gasteiger partial charge on any atom is -0.370 e. The third kappa shape index (κ3) is 6.10. The van der Waals surface area contributed by atoms with Gasteiger partial charge in [0, 0.05) is 69.2 Å². The average Bonchev–Trinajstić information content (AvgIpc) is 2.95. The van der Waals surface area contributed by atoms with Gasteiger partial charge < -0.3 is 25.6 Å². The molecule has 2 saturated heterocycles. The van der Waals surface area contributed by atoms with Gasteiger partial charge in [-0.15, -0.1) is 0 Å². The Labute approximate surface area is 214 Å². The van der Waals surface area contributed by atoms with Crippen molar-refractivity contribution in [2.24, 2.45) is 5.73 Å². The molecule has 0 aliphatic carbocycles. The van der Waals surface area contributed by atoms with Gasteiger partial charge in [-0.3, -0.25) is 20.0 Å². The molecule has 2 amide bonds. The summed E-state index contributed by atoms with van der Waals surface area (Å²) in [7, 11) is 0. The van der Waals surface area contributed by atoms with E-state index in [-0.39, 0.29) is 25.0 Å². The van der Waals surface area contributed by atoms with Crippen molar-refractivity contribution >= 4 is 34.4 Å². The first-order chi connectivity index (χ1) is 18.1. The number of nitrogens with one attached hydrogen (secondary N) is 3. The van der Waals surface area contributed by atoms with Crippen molar-refractivity contribution in [3.05, 3.63) is 42.7 Å². The fourth-order valence-electron chi connectivity index (χ4n) is 4.47. The third-order valence-electron chi connectivity index (χ3n) is 6.47. The first-order valence-corrected chi connectivity index (χ1v) is 12.4. The number of ether oxygens (including phenoxy) is 1. The van der Waals surface area contributed by atoms with Crippen molar-refractivity contribution in [3.8, 4) is 11.3 Å². The fraction of sp³-hybridized carbons (Fsp3) is 0.400. The topological polar surface area (TPSA) is 151 Å². The van der Waals surface area contributed by atoms with Crippen LogP contribution >= 0.6 is 0 Å². The molecular formula is C25H31N9O3. The molecule has 12 nitrogen and oxygen atoms in total. The molecule has 37 heavy (non-hydrogen) atoms. The second-order valence-corrected chi connectivity index (χ2v) is 8.97. The first-order valence-electron chi connectivity index (χ1n) is 12.4. The van der Waals surface area contributed by atoms with E-state index in [0.29, 0.717) is 37.6 Å². The van der Waals surface area contributed by atoms with Crippen molar-refractivity contribution in [3.63, 3.8) is 0 Å². The molecule has 0 spiro atoms. The summed E-state index contributed by atoms with van der Waals surface area (Å²) in [5.41, 5.74) is 15.7. The summed E-state index contributed by atoms with van der Waals surface area (Å²) in [6, 6.07) is 10.2. The van der Waals surface area contributed by atoms with Gasteiger partial charge in [0.25, 0.3) is 0 Å². The number of benzene rings is 1. The van der Waals surface area contributed by atoms with Crippen LogP contribution in [0.3, 0.4) is 0 Å². The molecule has 5 N–H and O–H groups in total. The van der Waals surface area contributed by atoms with Gasteiger partial charge in [0.2, 0.25) is 11.8 Å². The lowest BCUT2D eigenvalue weighted by Gasteiger charge is -2.36. The fourth-order valence-corrected chi connectivity index (χ4v) is 4.47. The lowest BCUT2D eigenvalue weighted by Crippen LogP contribution is -2.52. The number of rotatable bonds is 8. The minimum absolute atomic E-state index is 0.0224. The van der Waals surface area contributed by atoms with Crippen molar-refractivity contribution in [1.82, 2.24) is 30.7 Å². The Balaban J connectivity index is 1.26. The molecule has 4 heterocycles. The zero-order valence-corrected chi connectivity index (χ0v) is 20.5. The quantitative estimate of drug-likeness (QED) is 0.340. The van der Waals surface area contributed by atoms with E-state index < -0.39 is 5.91 Å². The predicted molar refractivity (Wildman–Crippen MR) is 139 cm³/mol. The van der Waals surface area contributed by atoms with Crippen LogP contribution in [0.5, 0.6) is 0 Å². The van der Waals surface area contributed by atoms with E-state index >= 15 is 0 Å². The summed E-state index contributed by atoms with van der Waals surface area (Å²) in [5, 5.41) is 3.35. The normalized spacial score (nSPS) is 18.1. The van der Waals surface area contributed by atoms with Crippen LogP contribution in [0.2, 0.25) is 0 Å². The maximum Gasteiger partial charge on any atom is 0.223 e. The Morgan fingerprint density at radius 2 is 1.86 bits per heavy atom. The smallest absolute Gasteiger partial charge is 0.223 e. The second kappa shape index (κ2) is 11.5. The van der Waals surface area contributed by atoms with Crippen molar-refractivity contribution in [2.75, 3.05) is 56.1 Å². The highest BCUT2D eigenvalue weighted by Crippen LogP contribution is 2.27. The number of fused-ring (bicyclic) bond motifs is 1. The van der Waals surface area contributed by atoms with E-state index in [0.717, 1.165) is 42.1 Å². The largest absolute Gasteiger partial charge is 0.370 e. The summed E-state index contributed by atoms with van der Waals surface area (Å²) in [6.07, 6.45) is 3.42. The molecule has 0 radical (unpaired) electrons. The van der Waals surface area contributed by atoms with Crippen LogP contribution in [0.4, 0.5) is 11.5 Å². The molecule has 12 heteroatoms. The second-order valence-electron chi connectivity index (χ2n) is 8.97. The van der Waals surface area contributed by atoms with Gasteiger partial charge in [0.15, 0.2) is 5.82 Å². The van der Waals surface area contributed by atoms with Gasteiger partial charge in [-0.05, 0) is 18.2 Å². The highest BCUT2D eigenvalue weighted by molar-refractivity contribution is 5.88. The lowest BCUT2D eigenvalue weighted by molar-refractivity contribution is -0.133. The average molecular weight is 506 g/mol. The number of carbonyl (C=O) groups excluding carboxylic acids is 2. The molecule has 194 valence electrons. The monoisotopic (exact) mass is 505 g/mol. The van der Waals surface area contributed by atoms with E-state index in [2.05, 4.69) is 43.2 Å². The number of amides is 2. The zero-order valence-electron chi connectivity index (χ0n) is 20.5. The van der Waals surface area contributed by atoms with Crippen LogP contribution in [0.15, 0.2) is 42.7 Å². The van der Waals surface area contributed by atoms with Gasteiger partial charge >= 0.3 is 0 Å². The van der Waals surface area contributed by atoms with E-state index in [1.54, 1.807) is 17.3 Å². The molecule has 1 aromatic carbocycles. The van der Waals surface area contributed by atoms with Crippen LogP contribution in [0.25, 0.3) is 22.3 Å². The third-order valence-corrected chi connectivity index (χ3v) is 6.47. The molecule has 2 aliphatic heterocycles. The van der Waals surface area contributed by atoms with E-state index in [4.69, 9.17) is 15.5 Å². The van der Waals surface area contributed by atoms with Crippen molar-refractivity contribution < 1.29 is 14.3 Å². The van der Waals surface area contributed by atoms with Gasteiger partial charge in [0.05, 0.1) is 24.4 Å². The van der Waals surface area contributed by atoms with E-state index in [1.807, 2.05) is 18.2 Å². The molecule has 3 aromatic rings. The summed E-state index contributed by atoms with van der Waals surface area (Å²) in [6.45, 7) is 4.62.